The molecule has 2 aromatic rings. The number of hydrogen-bond donors (Lipinski definition) is 2. The van der Waals surface area contributed by atoms with E-state index in [1.54, 1.807) is 6.20 Å². The average molecular weight is 271 g/mol. The van der Waals surface area contributed by atoms with E-state index in [1.807, 2.05) is 45.2 Å². The Labute approximate surface area is 120 Å². The molecule has 0 fully saturated rings. The summed E-state index contributed by atoms with van der Waals surface area (Å²) < 4.78 is 5.56. The molecule has 20 heavy (non-hydrogen) atoms. The first kappa shape index (κ1) is 14.3. The normalized spacial score (nSPS) is 12.2. The third-order valence-corrected chi connectivity index (χ3v) is 3.32. The Morgan fingerprint density at radius 3 is 2.80 bits per heavy atom. The second kappa shape index (κ2) is 6.39. The zero-order valence-electron chi connectivity index (χ0n) is 12.2. The van der Waals surface area contributed by atoms with Gasteiger partial charge in [-0.3, -0.25) is 0 Å². The third kappa shape index (κ3) is 2.91. The summed E-state index contributed by atoms with van der Waals surface area (Å²) in [6.07, 6.45) is 1.73. The van der Waals surface area contributed by atoms with Crippen molar-refractivity contribution in [2.24, 2.45) is 0 Å². The molecule has 0 spiro atoms. The predicted octanol–water partition coefficient (Wildman–Crippen LogP) is 2.68. The minimum absolute atomic E-state index is 0.00380. The molecule has 0 amide bonds. The SMILES string of the molecule is CCOc1cccc(C(NC)c2c(C)ccnc2N)c1. The van der Waals surface area contributed by atoms with Gasteiger partial charge in [-0.2, -0.15) is 0 Å². The largest absolute Gasteiger partial charge is 0.494 e. The van der Waals surface area contributed by atoms with Gasteiger partial charge in [0.1, 0.15) is 11.6 Å². The van der Waals surface area contributed by atoms with E-state index in [2.05, 4.69) is 16.4 Å². The minimum Gasteiger partial charge on any atom is -0.494 e. The molecule has 0 radical (unpaired) electrons. The van der Waals surface area contributed by atoms with E-state index in [9.17, 15) is 0 Å². The number of pyridine rings is 1. The van der Waals surface area contributed by atoms with Crippen LogP contribution < -0.4 is 15.8 Å². The van der Waals surface area contributed by atoms with Crippen LogP contribution in [0.25, 0.3) is 0 Å². The van der Waals surface area contributed by atoms with Gasteiger partial charge in [0.15, 0.2) is 0 Å². The van der Waals surface area contributed by atoms with E-state index in [1.165, 1.54) is 0 Å². The molecule has 1 aromatic carbocycles. The Morgan fingerprint density at radius 1 is 1.35 bits per heavy atom. The molecule has 106 valence electrons. The van der Waals surface area contributed by atoms with Crippen molar-refractivity contribution in [3.05, 3.63) is 53.2 Å². The number of nitrogen functional groups attached to an aromatic ring is 1. The molecule has 1 heterocycles. The maximum Gasteiger partial charge on any atom is 0.128 e. The topological polar surface area (TPSA) is 60.2 Å². The van der Waals surface area contributed by atoms with Crippen LogP contribution in [0, 0.1) is 6.92 Å². The van der Waals surface area contributed by atoms with Crippen molar-refractivity contribution in [1.82, 2.24) is 10.3 Å². The van der Waals surface area contributed by atoms with E-state index in [0.717, 1.165) is 22.4 Å². The quantitative estimate of drug-likeness (QED) is 0.877. The summed E-state index contributed by atoms with van der Waals surface area (Å²) in [6.45, 7) is 4.68. The monoisotopic (exact) mass is 271 g/mol. The first-order valence-corrected chi connectivity index (χ1v) is 6.78. The highest BCUT2D eigenvalue weighted by Crippen LogP contribution is 2.29. The summed E-state index contributed by atoms with van der Waals surface area (Å²) in [5.41, 5.74) is 9.30. The maximum atomic E-state index is 6.05. The van der Waals surface area contributed by atoms with Crippen LogP contribution in [-0.2, 0) is 0 Å². The minimum atomic E-state index is 0.00380. The maximum absolute atomic E-state index is 6.05. The van der Waals surface area contributed by atoms with Crippen molar-refractivity contribution < 1.29 is 4.74 Å². The Kier molecular flexibility index (Phi) is 4.58. The molecule has 3 N–H and O–H groups in total. The van der Waals surface area contributed by atoms with E-state index < -0.39 is 0 Å². The molecule has 0 saturated carbocycles. The molecular formula is C16H21N3O. The number of aryl methyl sites for hydroxylation is 1. The van der Waals surface area contributed by atoms with Gasteiger partial charge in [0, 0.05) is 11.8 Å². The van der Waals surface area contributed by atoms with Crippen LogP contribution in [0.15, 0.2) is 36.5 Å². The van der Waals surface area contributed by atoms with Crippen LogP contribution in [-0.4, -0.2) is 18.6 Å². The molecule has 0 aliphatic heterocycles. The molecule has 4 nitrogen and oxygen atoms in total. The molecule has 2 rings (SSSR count). The molecule has 1 aromatic heterocycles. The Hall–Kier alpha value is -2.07. The molecule has 0 aliphatic carbocycles. The lowest BCUT2D eigenvalue weighted by Crippen LogP contribution is -2.20. The summed E-state index contributed by atoms with van der Waals surface area (Å²) in [4.78, 5) is 4.20. The smallest absolute Gasteiger partial charge is 0.128 e. The Bertz CT molecular complexity index is 563. The van der Waals surface area contributed by atoms with Crippen molar-refractivity contribution in [2.75, 3.05) is 19.4 Å². The lowest BCUT2D eigenvalue weighted by molar-refractivity contribution is 0.339. The van der Waals surface area contributed by atoms with Crippen LogP contribution in [0.3, 0.4) is 0 Å². The second-order valence-corrected chi connectivity index (χ2v) is 4.65. The third-order valence-electron chi connectivity index (χ3n) is 3.32. The fourth-order valence-corrected chi connectivity index (χ4v) is 2.39. The zero-order valence-corrected chi connectivity index (χ0v) is 12.2. The number of rotatable bonds is 5. The predicted molar refractivity (Wildman–Crippen MR) is 81.9 cm³/mol. The fraction of sp³-hybridized carbons (Fsp3) is 0.312. The van der Waals surface area contributed by atoms with Crippen molar-refractivity contribution >= 4 is 5.82 Å². The lowest BCUT2D eigenvalue weighted by atomic mass is 9.95. The standard InChI is InChI=1S/C16H21N3O/c1-4-20-13-7-5-6-12(10-13)15(18-3)14-11(2)8-9-19-16(14)17/h5-10,15,18H,4H2,1-3H3,(H2,17,19). The highest BCUT2D eigenvalue weighted by molar-refractivity contribution is 5.50. The number of hydrogen-bond acceptors (Lipinski definition) is 4. The van der Waals surface area contributed by atoms with Gasteiger partial charge in [-0.25, -0.2) is 4.98 Å². The zero-order chi connectivity index (χ0) is 14.5. The molecule has 1 atom stereocenters. The van der Waals surface area contributed by atoms with Gasteiger partial charge in [-0.15, -0.1) is 0 Å². The highest BCUT2D eigenvalue weighted by Gasteiger charge is 2.18. The lowest BCUT2D eigenvalue weighted by Gasteiger charge is -2.21. The van der Waals surface area contributed by atoms with E-state index >= 15 is 0 Å². The molecule has 0 saturated heterocycles. The summed E-state index contributed by atoms with van der Waals surface area (Å²) in [6, 6.07) is 10.0. The number of aromatic nitrogens is 1. The molecular weight excluding hydrogens is 250 g/mol. The van der Waals surface area contributed by atoms with Crippen molar-refractivity contribution in [3.63, 3.8) is 0 Å². The van der Waals surface area contributed by atoms with E-state index in [-0.39, 0.29) is 6.04 Å². The van der Waals surface area contributed by atoms with Gasteiger partial charge in [0.2, 0.25) is 0 Å². The molecule has 0 aliphatic rings. The number of nitrogens with two attached hydrogens (primary N) is 1. The van der Waals surface area contributed by atoms with Gasteiger partial charge in [-0.1, -0.05) is 12.1 Å². The van der Waals surface area contributed by atoms with Gasteiger partial charge >= 0.3 is 0 Å². The fourth-order valence-electron chi connectivity index (χ4n) is 2.39. The number of anilines is 1. The van der Waals surface area contributed by atoms with Crippen molar-refractivity contribution in [2.45, 2.75) is 19.9 Å². The number of nitrogens with zero attached hydrogens (tertiary/aromatic N) is 1. The summed E-state index contributed by atoms with van der Waals surface area (Å²) >= 11 is 0. The van der Waals surface area contributed by atoms with Crippen molar-refractivity contribution in [3.8, 4) is 5.75 Å². The van der Waals surface area contributed by atoms with Crippen LogP contribution in [0.5, 0.6) is 5.75 Å². The van der Waals surface area contributed by atoms with E-state index in [0.29, 0.717) is 12.4 Å². The summed E-state index contributed by atoms with van der Waals surface area (Å²) in [5.74, 6) is 1.43. The van der Waals surface area contributed by atoms with Crippen LogP contribution >= 0.6 is 0 Å². The van der Waals surface area contributed by atoms with Crippen LogP contribution in [0.2, 0.25) is 0 Å². The van der Waals surface area contributed by atoms with Crippen LogP contribution in [0.1, 0.15) is 29.7 Å². The van der Waals surface area contributed by atoms with Gasteiger partial charge < -0.3 is 15.8 Å². The summed E-state index contributed by atoms with van der Waals surface area (Å²) in [7, 11) is 1.92. The highest BCUT2D eigenvalue weighted by atomic mass is 16.5. The number of nitrogens with one attached hydrogen (secondary N) is 1. The summed E-state index contributed by atoms with van der Waals surface area (Å²) in [5, 5.41) is 3.31. The molecule has 4 heteroatoms. The van der Waals surface area contributed by atoms with Gasteiger partial charge in [-0.05, 0) is 50.2 Å². The van der Waals surface area contributed by atoms with Gasteiger partial charge in [0.25, 0.3) is 0 Å². The first-order valence-electron chi connectivity index (χ1n) is 6.78. The van der Waals surface area contributed by atoms with E-state index in [4.69, 9.17) is 10.5 Å². The molecule has 0 bridgehead atoms. The average Bonchev–Trinajstić information content (AvgIpc) is 2.44. The number of ether oxygens (including phenoxy) is 1. The Morgan fingerprint density at radius 2 is 2.15 bits per heavy atom. The first-order chi connectivity index (χ1) is 9.67. The Balaban J connectivity index is 2.44. The van der Waals surface area contributed by atoms with Gasteiger partial charge in [0.05, 0.1) is 12.6 Å². The van der Waals surface area contributed by atoms with Crippen molar-refractivity contribution in [1.29, 1.82) is 0 Å². The molecule has 1 unspecified atom stereocenters. The van der Waals surface area contributed by atoms with Crippen LogP contribution in [0.4, 0.5) is 5.82 Å². The number of benzene rings is 1. The second-order valence-electron chi connectivity index (χ2n) is 4.65.